The average Bonchev–Trinajstić information content (AvgIpc) is 2.26. The van der Waals surface area contributed by atoms with Gasteiger partial charge in [-0.25, -0.2) is 4.39 Å². The standard InChI is InChI=1S/C11H15FN2OS/c1-2-15-6-5-14-10-4-3-8(11(13)16)7-9(10)12/h3-4,7,14H,2,5-6H2,1H3,(H2,13,16). The number of ether oxygens (including phenoxy) is 1. The second kappa shape index (κ2) is 6.40. The van der Waals surface area contributed by atoms with Gasteiger partial charge in [-0.2, -0.15) is 0 Å². The molecule has 0 aliphatic carbocycles. The summed E-state index contributed by atoms with van der Waals surface area (Å²) < 4.78 is 18.6. The van der Waals surface area contributed by atoms with E-state index >= 15 is 0 Å². The molecule has 1 aromatic carbocycles. The first kappa shape index (κ1) is 12.9. The summed E-state index contributed by atoms with van der Waals surface area (Å²) in [5.41, 5.74) is 6.36. The Labute approximate surface area is 99.8 Å². The van der Waals surface area contributed by atoms with Gasteiger partial charge >= 0.3 is 0 Å². The van der Waals surface area contributed by atoms with E-state index in [9.17, 15) is 4.39 Å². The van der Waals surface area contributed by atoms with Gasteiger partial charge in [-0.3, -0.25) is 0 Å². The van der Waals surface area contributed by atoms with Crippen LogP contribution in [-0.2, 0) is 4.74 Å². The maximum atomic E-state index is 13.5. The van der Waals surface area contributed by atoms with Crippen molar-refractivity contribution < 1.29 is 9.13 Å². The van der Waals surface area contributed by atoms with Crippen molar-refractivity contribution in [3.8, 4) is 0 Å². The molecule has 0 aliphatic heterocycles. The zero-order valence-corrected chi connectivity index (χ0v) is 9.94. The zero-order valence-electron chi connectivity index (χ0n) is 9.13. The Hall–Kier alpha value is -1.20. The zero-order chi connectivity index (χ0) is 12.0. The van der Waals surface area contributed by atoms with E-state index < -0.39 is 0 Å². The third-order valence-corrected chi connectivity index (χ3v) is 2.26. The molecule has 0 aliphatic rings. The molecule has 0 atom stereocenters. The maximum absolute atomic E-state index is 13.5. The maximum Gasteiger partial charge on any atom is 0.146 e. The van der Waals surface area contributed by atoms with E-state index in [0.717, 1.165) is 0 Å². The van der Waals surface area contributed by atoms with E-state index in [4.69, 9.17) is 22.7 Å². The largest absolute Gasteiger partial charge is 0.389 e. The predicted molar refractivity (Wildman–Crippen MR) is 67.3 cm³/mol. The molecule has 0 heterocycles. The lowest BCUT2D eigenvalue weighted by molar-refractivity contribution is 0.158. The van der Waals surface area contributed by atoms with Crippen LogP contribution in [0.4, 0.5) is 10.1 Å². The monoisotopic (exact) mass is 242 g/mol. The van der Waals surface area contributed by atoms with Crippen molar-refractivity contribution in [2.75, 3.05) is 25.1 Å². The fourth-order valence-corrected chi connectivity index (χ4v) is 1.34. The van der Waals surface area contributed by atoms with Crippen LogP contribution in [-0.4, -0.2) is 24.7 Å². The summed E-state index contributed by atoms with van der Waals surface area (Å²) in [5, 5.41) is 2.93. The normalized spacial score (nSPS) is 10.1. The minimum absolute atomic E-state index is 0.194. The molecule has 5 heteroatoms. The topological polar surface area (TPSA) is 47.3 Å². The first-order chi connectivity index (χ1) is 7.65. The lowest BCUT2D eigenvalue weighted by Crippen LogP contribution is -2.12. The number of rotatable bonds is 6. The number of hydrogen-bond donors (Lipinski definition) is 2. The van der Waals surface area contributed by atoms with Gasteiger partial charge in [0.25, 0.3) is 0 Å². The molecule has 0 saturated carbocycles. The Morgan fingerprint density at radius 1 is 1.56 bits per heavy atom. The number of nitrogens with two attached hydrogens (primary N) is 1. The van der Waals surface area contributed by atoms with Crippen molar-refractivity contribution in [3.63, 3.8) is 0 Å². The molecule has 0 amide bonds. The predicted octanol–water partition coefficient (Wildman–Crippen LogP) is 1.91. The lowest BCUT2D eigenvalue weighted by Gasteiger charge is -2.08. The van der Waals surface area contributed by atoms with Crippen LogP contribution in [0.25, 0.3) is 0 Å². The molecule has 3 nitrogen and oxygen atoms in total. The van der Waals surface area contributed by atoms with Crippen LogP contribution in [0.5, 0.6) is 0 Å². The van der Waals surface area contributed by atoms with E-state index in [0.29, 0.717) is 31.0 Å². The average molecular weight is 242 g/mol. The molecule has 0 radical (unpaired) electrons. The van der Waals surface area contributed by atoms with Gasteiger partial charge in [-0.15, -0.1) is 0 Å². The second-order valence-corrected chi connectivity index (χ2v) is 3.62. The van der Waals surface area contributed by atoms with Gasteiger partial charge in [0.05, 0.1) is 12.3 Å². The Morgan fingerprint density at radius 2 is 2.31 bits per heavy atom. The van der Waals surface area contributed by atoms with Crippen LogP contribution in [0, 0.1) is 5.82 Å². The van der Waals surface area contributed by atoms with Crippen LogP contribution < -0.4 is 11.1 Å². The Morgan fingerprint density at radius 3 is 2.88 bits per heavy atom. The summed E-state index contributed by atoms with van der Waals surface area (Å²) >= 11 is 4.76. The van der Waals surface area contributed by atoms with Gasteiger partial charge in [-0.05, 0) is 25.1 Å². The molecular formula is C11H15FN2OS. The molecule has 0 bridgehead atoms. The fraction of sp³-hybridized carbons (Fsp3) is 0.364. The molecule has 88 valence electrons. The summed E-state index contributed by atoms with van der Waals surface area (Å²) in [4.78, 5) is 0.194. The van der Waals surface area contributed by atoms with Crippen molar-refractivity contribution in [1.29, 1.82) is 0 Å². The highest BCUT2D eigenvalue weighted by molar-refractivity contribution is 7.80. The summed E-state index contributed by atoms with van der Waals surface area (Å²) in [7, 11) is 0. The highest BCUT2D eigenvalue weighted by Crippen LogP contribution is 2.15. The van der Waals surface area contributed by atoms with Crippen molar-refractivity contribution >= 4 is 22.9 Å². The minimum Gasteiger partial charge on any atom is -0.389 e. The molecule has 0 fully saturated rings. The number of benzene rings is 1. The fourth-order valence-electron chi connectivity index (χ4n) is 1.21. The van der Waals surface area contributed by atoms with Crippen molar-refractivity contribution in [2.45, 2.75) is 6.92 Å². The number of halogens is 1. The molecule has 0 unspecified atom stereocenters. The van der Waals surface area contributed by atoms with Crippen LogP contribution in [0.3, 0.4) is 0 Å². The summed E-state index contributed by atoms with van der Waals surface area (Å²) in [6, 6.07) is 4.63. The van der Waals surface area contributed by atoms with E-state index in [-0.39, 0.29) is 10.8 Å². The number of thiocarbonyl (C=S) groups is 1. The first-order valence-corrected chi connectivity index (χ1v) is 5.47. The minimum atomic E-state index is -0.359. The molecule has 0 spiro atoms. The second-order valence-electron chi connectivity index (χ2n) is 3.18. The number of hydrogen-bond acceptors (Lipinski definition) is 3. The van der Waals surface area contributed by atoms with Crippen molar-refractivity contribution in [3.05, 3.63) is 29.6 Å². The van der Waals surface area contributed by atoms with Crippen LogP contribution in [0.2, 0.25) is 0 Å². The Balaban J connectivity index is 2.57. The van der Waals surface area contributed by atoms with Crippen molar-refractivity contribution in [1.82, 2.24) is 0 Å². The van der Waals surface area contributed by atoms with Gasteiger partial charge in [0, 0.05) is 18.7 Å². The first-order valence-electron chi connectivity index (χ1n) is 5.06. The van der Waals surface area contributed by atoms with Crippen molar-refractivity contribution in [2.24, 2.45) is 5.73 Å². The highest BCUT2D eigenvalue weighted by atomic mass is 32.1. The SMILES string of the molecule is CCOCCNc1ccc(C(N)=S)cc1F. The Bertz CT molecular complexity index is 371. The number of anilines is 1. The van der Waals surface area contributed by atoms with E-state index in [1.54, 1.807) is 12.1 Å². The molecule has 1 aromatic rings. The number of nitrogens with one attached hydrogen (secondary N) is 1. The summed E-state index contributed by atoms with van der Waals surface area (Å²) in [6.45, 7) is 3.69. The van der Waals surface area contributed by atoms with Gasteiger partial charge in [-0.1, -0.05) is 12.2 Å². The van der Waals surface area contributed by atoms with E-state index in [2.05, 4.69) is 5.32 Å². The van der Waals surface area contributed by atoms with Gasteiger partial charge in [0.15, 0.2) is 0 Å². The van der Waals surface area contributed by atoms with E-state index in [1.165, 1.54) is 6.07 Å². The van der Waals surface area contributed by atoms with Gasteiger partial charge < -0.3 is 15.8 Å². The molecule has 1 rings (SSSR count). The smallest absolute Gasteiger partial charge is 0.146 e. The van der Waals surface area contributed by atoms with Gasteiger partial charge in [0.2, 0.25) is 0 Å². The van der Waals surface area contributed by atoms with E-state index in [1.807, 2.05) is 6.92 Å². The Kier molecular flexibility index (Phi) is 5.14. The van der Waals surface area contributed by atoms with Crippen LogP contribution >= 0.6 is 12.2 Å². The van der Waals surface area contributed by atoms with Gasteiger partial charge in [0.1, 0.15) is 10.8 Å². The molecule has 0 saturated heterocycles. The molecule has 16 heavy (non-hydrogen) atoms. The third-order valence-electron chi connectivity index (χ3n) is 2.02. The van der Waals surface area contributed by atoms with Crippen LogP contribution in [0.15, 0.2) is 18.2 Å². The molecule has 0 aromatic heterocycles. The summed E-state index contributed by atoms with van der Waals surface area (Å²) in [5.74, 6) is -0.359. The van der Waals surface area contributed by atoms with Crippen LogP contribution in [0.1, 0.15) is 12.5 Å². The summed E-state index contributed by atoms with van der Waals surface area (Å²) in [6.07, 6.45) is 0. The lowest BCUT2D eigenvalue weighted by atomic mass is 10.2. The highest BCUT2D eigenvalue weighted by Gasteiger charge is 2.04. The third kappa shape index (κ3) is 3.75. The quantitative estimate of drug-likeness (QED) is 0.591. The molecular weight excluding hydrogens is 227 g/mol. The molecule has 3 N–H and O–H groups in total.